The third-order valence-electron chi connectivity index (χ3n) is 1.82. The fourth-order valence-corrected chi connectivity index (χ4v) is 0.945. The molecule has 3 N–H and O–H groups in total. The zero-order valence-corrected chi connectivity index (χ0v) is 17.9. The summed E-state index contributed by atoms with van der Waals surface area (Å²) in [6.07, 6.45) is 8.91. The fraction of sp³-hybridized carbons (Fsp3) is 0.409. The molecule has 0 fully saturated rings. The van der Waals surface area contributed by atoms with Gasteiger partial charge in [0.25, 0.3) is 0 Å². The summed E-state index contributed by atoms with van der Waals surface area (Å²) in [5, 5.41) is 22.6. The van der Waals surface area contributed by atoms with Gasteiger partial charge in [0.2, 0.25) is 0 Å². The van der Waals surface area contributed by atoms with Crippen LogP contribution in [0.3, 0.4) is 0 Å². The van der Waals surface area contributed by atoms with E-state index in [4.69, 9.17) is 15.6 Å². The van der Waals surface area contributed by atoms with Gasteiger partial charge in [-0.15, -0.1) is 0 Å². The number of allylic oxidation sites excluding steroid dienone is 5. The number of aliphatic hydroxyl groups excluding tert-OH is 1. The Morgan fingerprint density at radius 3 is 1.73 bits per heavy atom. The Kier molecular flexibility index (Phi) is 51.7. The average Bonchev–Trinajstić information content (AvgIpc) is 2.72. The summed E-state index contributed by atoms with van der Waals surface area (Å²) in [7, 11) is 1.00. The van der Waals surface area contributed by atoms with E-state index in [1.54, 1.807) is 36.4 Å². The first-order valence-corrected chi connectivity index (χ1v) is 9.02. The molecule has 4 heteroatoms. The topological polar surface area (TPSA) is 64.3 Å². The first kappa shape index (κ1) is 35.0. The van der Waals surface area contributed by atoms with Gasteiger partial charge in [-0.3, -0.25) is 0 Å². The lowest BCUT2D eigenvalue weighted by molar-refractivity contribution is 0.399. The molecule has 0 aromatic heterocycles. The first-order chi connectivity index (χ1) is 12.6. The highest BCUT2D eigenvalue weighted by Gasteiger charge is 1.85. The Labute approximate surface area is 161 Å². The lowest BCUT2D eigenvalue weighted by Gasteiger charge is -1.89. The maximum atomic E-state index is 11.8. The predicted octanol–water partition coefficient (Wildman–Crippen LogP) is 7.07. The van der Waals surface area contributed by atoms with Crippen molar-refractivity contribution in [3.8, 4) is 5.75 Å². The monoisotopic (exact) mass is 369 g/mol. The molecule has 0 amide bonds. The van der Waals surface area contributed by atoms with Crippen LogP contribution in [0.2, 0.25) is 0 Å². The van der Waals surface area contributed by atoms with E-state index >= 15 is 0 Å². The summed E-state index contributed by atoms with van der Waals surface area (Å²) in [5.74, 6) is -0.170. The molecule has 152 valence electrons. The number of aromatic hydroxyl groups is 1. The number of phenolic OH excluding ortho intramolecular Hbond substituents is 1. The standard InChI is InChI=1S/C8H11F.C7H7NO.3C2H6.CH4O/c1-3-4-5-6-7-8(2)9;8-5-6-1-3-7(9)4-2-6;4*1-2/h4-7H,2-3H2,1H3;1-5,8-9H;3*1-2H3;2H,1H3/b5-4-,7-6-;;;;;. The zero-order valence-electron chi connectivity index (χ0n) is 17.9. The minimum Gasteiger partial charge on any atom is -0.508 e. The lowest BCUT2D eigenvalue weighted by atomic mass is 10.2. The number of phenols is 1. The quantitative estimate of drug-likeness (QED) is 0.392. The van der Waals surface area contributed by atoms with Crippen molar-refractivity contribution in [3.05, 3.63) is 66.5 Å². The van der Waals surface area contributed by atoms with Crippen LogP contribution in [0, 0.1) is 5.41 Å². The molecule has 0 aliphatic carbocycles. The van der Waals surface area contributed by atoms with Crippen LogP contribution in [0.4, 0.5) is 4.39 Å². The van der Waals surface area contributed by atoms with Gasteiger partial charge in [0.1, 0.15) is 11.6 Å². The number of aliphatic hydroxyl groups is 1. The van der Waals surface area contributed by atoms with Crippen LogP contribution < -0.4 is 0 Å². The lowest BCUT2D eigenvalue weighted by Crippen LogP contribution is -1.74. The second kappa shape index (κ2) is 38.4. The Morgan fingerprint density at radius 1 is 1.00 bits per heavy atom. The van der Waals surface area contributed by atoms with Gasteiger partial charge in [0, 0.05) is 13.3 Å². The van der Waals surface area contributed by atoms with Crippen molar-refractivity contribution >= 4 is 6.21 Å². The molecule has 1 rings (SSSR count). The number of nitrogens with one attached hydrogen (secondary N) is 1. The second-order valence-electron chi connectivity index (χ2n) is 3.38. The SMILES string of the molecule is C=C(F)/C=C\C=C/CC.CC.CC.CC.CO.N=Cc1ccc(O)cc1. The van der Waals surface area contributed by atoms with E-state index in [1.807, 2.05) is 54.5 Å². The van der Waals surface area contributed by atoms with Crippen molar-refractivity contribution < 1.29 is 14.6 Å². The Bertz CT molecular complexity index is 424. The molecule has 0 radical (unpaired) electrons. The number of hydrogen-bond donors (Lipinski definition) is 3. The van der Waals surface area contributed by atoms with Gasteiger partial charge in [0.15, 0.2) is 0 Å². The van der Waals surface area contributed by atoms with Crippen LogP contribution in [-0.2, 0) is 0 Å². The number of rotatable bonds is 4. The number of halogens is 1. The molecule has 0 heterocycles. The molecule has 1 aromatic rings. The van der Waals surface area contributed by atoms with Gasteiger partial charge in [0.05, 0.1) is 0 Å². The molecule has 0 saturated carbocycles. The van der Waals surface area contributed by atoms with Gasteiger partial charge in [-0.05, 0) is 42.3 Å². The van der Waals surface area contributed by atoms with Crippen molar-refractivity contribution in [2.45, 2.75) is 54.9 Å². The minimum absolute atomic E-state index is 0.237. The van der Waals surface area contributed by atoms with Crippen LogP contribution in [0.1, 0.15) is 60.5 Å². The van der Waals surface area contributed by atoms with Crippen LogP contribution in [-0.4, -0.2) is 23.5 Å². The molecule has 0 unspecified atom stereocenters. The Hall–Kier alpha value is -2.20. The molecule has 0 aliphatic rings. The molecule has 26 heavy (non-hydrogen) atoms. The normalized spacial score (nSPS) is 7.92. The minimum atomic E-state index is -0.407. The summed E-state index contributed by atoms with van der Waals surface area (Å²) in [5.41, 5.74) is 0.799. The van der Waals surface area contributed by atoms with E-state index in [-0.39, 0.29) is 5.75 Å². The van der Waals surface area contributed by atoms with Gasteiger partial charge in [-0.1, -0.05) is 73.3 Å². The maximum Gasteiger partial charge on any atom is 0.116 e. The van der Waals surface area contributed by atoms with E-state index in [0.717, 1.165) is 19.1 Å². The molecule has 1 aromatic carbocycles. The van der Waals surface area contributed by atoms with Crippen molar-refractivity contribution in [2.24, 2.45) is 0 Å². The molecule has 0 bridgehead atoms. The van der Waals surface area contributed by atoms with E-state index in [9.17, 15) is 4.39 Å². The second-order valence-corrected chi connectivity index (χ2v) is 3.38. The first-order valence-electron chi connectivity index (χ1n) is 9.02. The third kappa shape index (κ3) is 37.8. The average molecular weight is 370 g/mol. The molecular formula is C22H40FNO2. The van der Waals surface area contributed by atoms with Crippen LogP contribution >= 0.6 is 0 Å². The summed E-state index contributed by atoms with van der Waals surface area (Å²) in [6.45, 7) is 17.1. The third-order valence-corrected chi connectivity index (χ3v) is 1.82. The van der Waals surface area contributed by atoms with E-state index in [2.05, 4.69) is 6.58 Å². The molecule has 0 saturated heterocycles. The van der Waals surface area contributed by atoms with Crippen molar-refractivity contribution in [1.29, 1.82) is 5.41 Å². The van der Waals surface area contributed by atoms with Crippen LogP contribution in [0.15, 0.2) is 61.0 Å². The van der Waals surface area contributed by atoms with Crippen molar-refractivity contribution in [2.75, 3.05) is 7.11 Å². The molecule has 0 spiro atoms. The van der Waals surface area contributed by atoms with Gasteiger partial charge in [-0.2, -0.15) is 0 Å². The largest absolute Gasteiger partial charge is 0.508 e. The Morgan fingerprint density at radius 2 is 1.42 bits per heavy atom. The van der Waals surface area contributed by atoms with E-state index < -0.39 is 5.83 Å². The number of benzene rings is 1. The molecular weight excluding hydrogens is 329 g/mol. The zero-order chi connectivity index (χ0) is 21.8. The summed E-state index contributed by atoms with van der Waals surface area (Å²) in [4.78, 5) is 0. The van der Waals surface area contributed by atoms with Crippen molar-refractivity contribution in [3.63, 3.8) is 0 Å². The maximum absolute atomic E-state index is 11.8. The van der Waals surface area contributed by atoms with Crippen molar-refractivity contribution in [1.82, 2.24) is 0 Å². The van der Waals surface area contributed by atoms with Gasteiger partial charge in [-0.25, -0.2) is 4.39 Å². The highest BCUT2D eigenvalue weighted by molar-refractivity contribution is 5.76. The smallest absolute Gasteiger partial charge is 0.116 e. The Balaban J connectivity index is -0.0000000817. The van der Waals surface area contributed by atoms with Crippen LogP contribution in [0.5, 0.6) is 5.75 Å². The summed E-state index contributed by atoms with van der Waals surface area (Å²) < 4.78 is 11.8. The van der Waals surface area contributed by atoms with Gasteiger partial charge >= 0.3 is 0 Å². The van der Waals surface area contributed by atoms with E-state index in [1.165, 1.54) is 12.3 Å². The van der Waals surface area contributed by atoms with E-state index in [0.29, 0.717) is 0 Å². The number of hydrogen-bond acceptors (Lipinski definition) is 3. The molecule has 0 atom stereocenters. The predicted molar refractivity (Wildman–Crippen MR) is 117 cm³/mol. The highest BCUT2D eigenvalue weighted by Crippen LogP contribution is 2.07. The highest BCUT2D eigenvalue weighted by atomic mass is 19.1. The molecule has 3 nitrogen and oxygen atoms in total. The fourth-order valence-electron chi connectivity index (χ4n) is 0.945. The molecule has 0 aliphatic heterocycles. The summed E-state index contributed by atoms with van der Waals surface area (Å²) >= 11 is 0. The van der Waals surface area contributed by atoms with Crippen LogP contribution in [0.25, 0.3) is 0 Å². The summed E-state index contributed by atoms with van der Waals surface area (Å²) in [6, 6.07) is 6.48. The van der Waals surface area contributed by atoms with Gasteiger partial charge < -0.3 is 15.6 Å².